The summed E-state index contributed by atoms with van der Waals surface area (Å²) in [6, 6.07) is 0. The van der Waals surface area contributed by atoms with Crippen molar-refractivity contribution >= 4 is 16.5 Å². The molecule has 0 aliphatic rings. The zero-order valence-electron chi connectivity index (χ0n) is 10.2. The highest BCUT2D eigenvalue weighted by molar-refractivity contribution is 7.21. The molecule has 1 atom stereocenters. The normalized spacial score (nSPS) is 13.6. The Bertz CT molecular complexity index is 158. The van der Waals surface area contributed by atoms with Crippen LogP contribution in [0.4, 0.5) is 17.3 Å². The zero-order chi connectivity index (χ0) is 13.1. The van der Waals surface area contributed by atoms with E-state index in [0.29, 0.717) is 10.8 Å². The van der Waals surface area contributed by atoms with Gasteiger partial charge < -0.3 is 17.3 Å². The van der Waals surface area contributed by atoms with E-state index in [0.717, 1.165) is 0 Å². The molecule has 93 valence electrons. The lowest BCUT2D eigenvalue weighted by Crippen LogP contribution is -2.25. The SMILES string of the molecule is CC(C)(C)[C](P)C(C)(C)C.F[B-](F)(F)F. The maximum atomic E-state index is 9.75. The second-order valence-corrected chi connectivity index (χ2v) is 5.99. The molecule has 0 N–H and O–H groups in total. The van der Waals surface area contributed by atoms with Gasteiger partial charge in [-0.2, -0.15) is 0 Å². The molecule has 0 amide bonds. The van der Waals surface area contributed by atoms with Gasteiger partial charge in [0.2, 0.25) is 0 Å². The predicted octanol–water partition coefficient (Wildman–Crippen LogP) is 4.79. The first kappa shape index (κ1) is 17.6. The Balaban J connectivity index is 0. The molecule has 0 aliphatic carbocycles. The Morgan fingerprint density at radius 1 is 0.800 bits per heavy atom. The largest absolute Gasteiger partial charge is 0.673 e. The molecule has 0 aliphatic heterocycles. The van der Waals surface area contributed by atoms with Gasteiger partial charge in [-0.3, -0.25) is 0 Å². The minimum absolute atomic E-state index is 0.322. The van der Waals surface area contributed by atoms with Crippen molar-refractivity contribution in [3.63, 3.8) is 0 Å². The van der Waals surface area contributed by atoms with E-state index >= 15 is 0 Å². The molecule has 0 bridgehead atoms. The maximum absolute atomic E-state index is 9.75. The van der Waals surface area contributed by atoms with Crippen LogP contribution in [0.15, 0.2) is 0 Å². The van der Waals surface area contributed by atoms with Crippen LogP contribution in [0.25, 0.3) is 0 Å². The summed E-state index contributed by atoms with van der Waals surface area (Å²) in [7, 11) is -3.13. The average molecular weight is 246 g/mol. The fraction of sp³-hybridized carbons (Fsp3) is 0.889. The molecule has 15 heavy (non-hydrogen) atoms. The van der Waals surface area contributed by atoms with Crippen molar-refractivity contribution < 1.29 is 17.3 Å². The lowest BCUT2D eigenvalue weighted by atomic mass is 9.77. The molecule has 1 unspecified atom stereocenters. The monoisotopic (exact) mass is 246 g/mol. The highest BCUT2D eigenvalue weighted by Gasteiger charge is 2.31. The van der Waals surface area contributed by atoms with Crippen LogP contribution in [0.1, 0.15) is 41.5 Å². The van der Waals surface area contributed by atoms with Crippen LogP contribution in [0.2, 0.25) is 0 Å². The fourth-order valence-electron chi connectivity index (χ4n) is 1.12. The van der Waals surface area contributed by atoms with Crippen LogP contribution >= 0.6 is 9.24 Å². The first-order valence-corrected chi connectivity index (χ1v) is 5.24. The maximum Gasteiger partial charge on any atom is 0.673 e. The first-order chi connectivity index (χ1) is 6.15. The molecule has 0 aromatic rings. The molecule has 0 rings (SSSR count). The number of hydrogen-bond donors (Lipinski definition) is 0. The van der Waals surface area contributed by atoms with Crippen LogP contribution < -0.4 is 0 Å². The van der Waals surface area contributed by atoms with Crippen molar-refractivity contribution in [3.05, 3.63) is 5.66 Å². The van der Waals surface area contributed by atoms with Crippen molar-refractivity contribution in [2.45, 2.75) is 41.5 Å². The summed E-state index contributed by atoms with van der Waals surface area (Å²) in [6.45, 7) is 13.5. The minimum Gasteiger partial charge on any atom is -0.418 e. The molecule has 0 aromatic carbocycles. The standard InChI is InChI=1S/C9H20P.BF4/c1-8(2,3)7(10)9(4,5)6;2-1(3,4)5/h10H2,1-6H3;/q;-1. The minimum atomic E-state index is -6.00. The highest BCUT2D eigenvalue weighted by atomic mass is 31.0. The van der Waals surface area contributed by atoms with Crippen LogP contribution in [0.5, 0.6) is 0 Å². The summed E-state index contributed by atoms with van der Waals surface area (Å²) in [5.41, 5.74) is 2.13. The molecule has 0 saturated heterocycles. The second kappa shape index (κ2) is 5.52. The molecule has 1 radical (unpaired) electrons. The smallest absolute Gasteiger partial charge is 0.418 e. The van der Waals surface area contributed by atoms with E-state index < -0.39 is 7.25 Å². The summed E-state index contributed by atoms with van der Waals surface area (Å²) < 4.78 is 39.0. The average Bonchev–Trinajstić information content (AvgIpc) is 1.77. The predicted molar refractivity (Wildman–Crippen MR) is 62.0 cm³/mol. The molecule has 0 heterocycles. The Kier molecular flexibility index (Phi) is 6.47. The molecule has 0 aromatic heterocycles. The van der Waals surface area contributed by atoms with E-state index in [1.165, 1.54) is 5.66 Å². The van der Waals surface area contributed by atoms with Gasteiger partial charge in [0.15, 0.2) is 0 Å². The molecular weight excluding hydrogens is 226 g/mol. The summed E-state index contributed by atoms with van der Waals surface area (Å²) >= 11 is 0. The molecular formula is C9H20BF4P-. The van der Waals surface area contributed by atoms with Crippen LogP contribution in [-0.2, 0) is 0 Å². The van der Waals surface area contributed by atoms with Gasteiger partial charge in [-0.1, -0.05) is 41.5 Å². The molecule has 0 nitrogen and oxygen atoms in total. The van der Waals surface area contributed by atoms with Crippen molar-refractivity contribution in [1.29, 1.82) is 0 Å². The number of hydrogen-bond acceptors (Lipinski definition) is 0. The molecule has 0 fully saturated rings. The quantitative estimate of drug-likeness (QED) is 0.327. The van der Waals surface area contributed by atoms with Gasteiger partial charge in [0.1, 0.15) is 0 Å². The summed E-state index contributed by atoms with van der Waals surface area (Å²) in [5, 5.41) is 0. The molecule has 6 heteroatoms. The van der Waals surface area contributed by atoms with Gasteiger partial charge in [-0.05, 0) is 10.8 Å². The van der Waals surface area contributed by atoms with E-state index in [1.807, 2.05) is 0 Å². The molecule has 0 saturated carbocycles. The van der Waals surface area contributed by atoms with Crippen LogP contribution in [0, 0.1) is 16.5 Å². The topological polar surface area (TPSA) is 0 Å². The third-order valence-corrected chi connectivity index (χ3v) is 3.35. The summed E-state index contributed by atoms with van der Waals surface area (Å²) in [5.74, 6) is 0. The number of halogens is 4. The van der Waals surface area contributed by atoms with Gasteiger partial charge in [0.25, 0.3) is 0 Å². The summed E-state index contributed by atoms with van der Waals surface area (Å²) in [4.78, 5) is 0. The highest BCUT2D eigenvalue weighted by Crippen LogP contribution is 2.46. The first-order valence-electron chi connectivity index (χ1n) is 4.66. The lowest BCUT2D eigenvalue weighted by molar-refractivity contribution is 0.331. The van der Waals surface area contributed by atoms with Crippen molar-refractivity contribution in [2.24, 2.45) is 10.8 Å². The van der Waals surface area contributed by atoms with Gasteiger partial charge in [0.05, 0.1) is 0 Å². The van der Waals surface area contributed by atoms with Crippen molar-refractivity contribution in [3.8, 4) is 0 Å². The summed E-state index contributed by atoms with van der Waals surface area (Å²) in [6.07, 6.45) is 0. The van der Waals surface area contributed by atoms with E-state index in [-0.39, 0.29) is 0 Å². The van der Waals surface area contributed by atoms with Gasteiger partial charge in [-0.25, -0.2) is 0 Å². The zero-order valence-corrected chi connectivity index (χ0v) is 11.3. The third kappa shape index (κ3) is 14.2. The van der Waals surface area contributed by atoms with Crippen LogP contribution in [-0.4, -0.2) is 7.25 Å². The van der Waals surface area contributed by atoms with Crippen LogP contribution in [0.3, 0.4) is 0 Å². The van der Waals surface area contributed by atoms with Gasteiger partial charge in [-0.15, -0.1) is 9.24 Å². The Hall–Kier alpha value is 0.215. The Morgan fingerprint density at radius 2 is 0.933 bits per heavy atom. The van der Waals surface area contributed by atoms with Crippen molar-refractivity contribution in [1.82, 2.24) is 0 Å². The Morgan fingerprint density at radius 3 is 0.933 bits per heavy atom. The fourth-order valence-corrected chi connectivity index (χ4v) is 1.12. The van der Waals surface area contributed by atoms with Gasteiger partial charge in [0, 0.05) is 5.66 Å². The van der Waals surface area contributed by atoms with E-state index in [2.05, 4.69) is 50.8 Å². The van der Waals surface area contributed by atoms with E-state index in [9.17, 15) is 17.3 Å². The Labute approximate surface area is 92.5 Å². The third-order valence-electron chi connectivity index (χ3n) is 1.62. The van der Waals surface area contributed by atoms with E-state index in [1.54, 1.807) is 0 Å². The van der Waals surface area contributed by atoms with Crippen molar-refractivity contribution in [2.75, 3.05) is 0 Å². The number of rotatable bonds is 0. The lowest BCUT2D eigenvalue weighted by Gasteiger charge is -2.37. The second-order valence-electron chi connectivity index (χ2n) is 5.41. The van der Waals surface area contributed by atoms with Gasteiger partial charge >= 0.3 is 7.25 Å². The van der Waals surface area contributed by atoms with E-state index in [4.69, 9.17) is 0 Å². The molecule has 0 spiro atoms.